The third-order valence-electron chi connectivity index (χ3n) is 5.57. The molecule has 1 aliphatic rings. The van der Waals surface area contributed by atoms with Gasteiger partial charge in [-0.15, -0.1) is 0 Å². The Labute approximate surface area is 165 Å². The van der Waals surface area contributed by atoms with E-state index in [2.05, 4.69) is 26.9 Å². The summed E-state index contributed by atoms with van der Waals surface area (Å²) in [6, 6.07) is 7.75. The highest BCUT2D eigenvalue weighted by molar-refractivity contribution is 6.03. The van der Waals surface area contributed by atoms with Crippen LogP contribution >= 0.6 is 0 Å². The predicted molar refractivity (Wildman–Crippen MR) is 110 cm³/mol. The number of anilines is 1. The lowest BCUT2D eigenvalue weighted by atomic mass is 10.1. The van der Waals surface area contributed by atoms with Crippen LogP contribution in [0.3, 0.4) is 0 Å². The largest absolute Gasteiger partial charge is 0.330 e. The van der Waals surface area contributed by atoms with E-state index in [1.807, 2.05) is 31.2 Å². The molecule has 1 aromatic carbocycles. The third-order valence-corrected chi connectivity index (χ3v) is 5.57. The first-order valence-corrected chi connectivity index (χ1v) is 10.1. The molecular formula is C21H28N6O. The molecule has 2 aromatic heterocycles. The summed E-state index contributed by atoms with van der Waals surface area (Å²) in [6.45, 7) is 5.20. The molecule has 0 saturated carbocycles. The molecule has 3 aromatic rings. The summed E-state index contributed by atoms with van der Waals surface area (Å²) in [6.07, 6.45) is 4.68. The average molecular weight is 380 g/mol. The van der Waals surface area contributed by atoms with E-state index < -0.39 is 0 Å². The predicted octanol–water partition coefficient (Wildman–Crippen LogP) is 3.11. The van der Waals surface area contributed by atoms with Crippen LogP contribution in [0.2, 0.25) is 0 Å². The van der Waals surface area contributed by atoms with E-state index in [0.29, 0.717) is 5.69 Å². The maximum atomic E-state index is 12.6. The number of imidazole rings is 1. The summed E-state index contributed by atoms with van der Waals surface area (Å²) in [5, 5.41) is 7.33. The fourth-order valence-electron chi connectivity index (χ4n) is 3.89. The van der Waals surface area contributed by atoms with Gasteiger partial charge in [0.2, 0.25) is 0 Å². The molecule has 0 radical (unpaired) electrons. The summed E-state index contributed by atoms with van der Waals surface area (Å²) in [7, 11) is 3.86. The number of nitrogens with zero attached hydrogens (tertiary/aromatic N) is 5. The number of aryl methyl sites for hydroxylation is 3. The summed E-state index contributed by atoms with van der Waals surface area (Å²) >= 11 is 0. The number of amides is 1. The fraction of sp³-hybridized carbons (Fsp3) is 0.476. The Morgan fingerprint density at radius 1 is 1.14 bits per heavy atom. The van der Waals surface area contributed by atoms with Gasteiger partial charge in [-0.3, -0.25) is 14.4 Å². The van der Waals surface area contributed by atoms with Crippen molar-refractivity contribution in [2.45, 2.75) is 39.2 Å². The van der Waals surface area contributed by atoms with Crippen molar-refractivity contribution < 1.29 is 4.79 Å². The monoisotopic (exact) mass is 380 g/mol. The van der Waals surface area contributed by atoms with Gasteiger partial charge in [0.1, 0.15) is 11.5 Å². The number of hydrogen-bond donors (Lipinski definition) is 1. The van der Waals surface area contributed by atoms with Gasteiger partial charge in [0.05, 0.1) is 23.3 Å². The summed E-state index contributed by atoms with van der Waals surface area (Å²) in [4.78, 5) is 19.9. The molecule has 1 aliphatic heterocycles. The molecule has 4 rings (SSSR count). The summed E-state index contributed by atoms with van der Waals surface area (Å²) < 4.78 is 3.79. The molecule has 1 fully saturated rings. The minimum Gasteiger partial charge on any atom is -0.330 e. The SMILES string of the molecule is CCc1cc(C(=O)Nc2ccc3c(c2)nc(CN2CCCCC2)n3C)n(C)n1. The molecule has 0 spiro atoms. The van der Waals surface area contributed by atoms with E-state index in [9.17, 15) is 4.79 Å². The lowest BCUT2D eigenvalue weighted by Crippen LogP contribution is -2.30. The normalized spacial score (nSPS) is 15.2. The van der Waals surface area contributed by atoms with Gasteiger partial charge in [0.15, 0.2) is 0 Å². The first kappa shape index (κ1) is 18.7. The van der Waals surface area contributed by atoms with E-state index in [0.717, 1.165) is 54.3 Å². The van der Waals surface area contributed by atoms with Gasteiger partial charge in [0.25, 0.3) is 5.91 Å². The second kappa shape index (κ2) is 7.75. The lowest BCUT2D eigenvalue weighted by Gasteiger charge is -2.25. The number of rotatable bonds is 5. The van der Waals surface area contributed by atoms with Gasteiger partial charge in [-0.25, -0.2) is 4.98 Å². The fourth-order valence-corrected chi connectivity index (χ4v) is 3.89. The van der Waals surface area contributed by atoms with Gasteiger partial charge in [-0.1, -0.05) is 13.3 Å². The first-order valence-electron chi connectivity index (χ1n) is 10.1. The van der Waals surface area contributed by atoms with Crippen LogP contribution in [0.4, 0.5) is 5.69 Å². The van der Waals surface area contributed by atoms with E-state index in [1.165, 1.54) is 19.3 Å². The molecule has 3 heterocycles. The molecule has 7 nitrogen and oxygen atoms in total. The topological polar surface area (TPSA) is 68.0 Å². The van der Waals surface area contributed by atoms with Gasteiger partial charge < -0.3 is 9.88 Å². The van der Waals surface area contributed by atoms with Crippen molar-refractivity contribution in [2.24, 2.45) is 14.1 Å². The zero-order valence-corrected chi connectivity index (χ0v) is 16.9. The lowest BCUT2D eigenvalue weighted by molar-refractivity contribution is 0.101. The van der Waals surface area contributed by atoms with Crippen molar-refractivity contribution in [3.05, 3.63) is 41.5 Å². The molecular weight excluding hydrogens is 352 g/mol. The smallest absolute Gasteiger partial charge is 0.273 e. The van der Waals surface area contributed by atoms with Crippen molar-refractivity contribution in [1.82, 2.24) is 24.2 Å². The number of benzene rings is 1. The van der Waals surface area contributed by atoms with Crippen LogP contribution in [-0.2, 0) is 27.1 Å². The number of fused-ring (bicyclic) bond motifs is 1. The molecule has 1 saturated heterocycles. The molecule has 0 atom stereocenters. The van der Waals surface area contributed by atoms with Crippen molar-refractivity contribution in [3.63, 3.8) is 0 Å². The second-order valence-electron chi connectivity index (χ2n) is 7.58. The highest BCUT2D eigenvalue weighted by atomic mass is 16.2. The van der Waals surface area contributed by atoms with Gasteiger partial charge in [0, 0.05) is 19.8 Å². The number of carbonyl (C=O) groups is 1. The average Bonchev–Trinajstić information content (AvgIpc) is 3.22. The molecule has 0 bridgehead atoms. The highest BCUT2D eigenvalue weighted by Gasteiger charge is 2.16. The quantitative estimate of drug-likeness (QED) is 0.738. The van der Waals surface area contributed by atoms with E-state index in [4.69, 9.17) is 4.98 Å². The van der Waals surface area contributed by atoms with E-state index in [-0.39, 0.29) is 5.91 Å². The van der Waals surface area contributed by atoms with Crippen molar-refractivity contribution >= 4 is 22.6 Å². The second-order valence-corrected chi connectivity index (χ2v) is 7.58. The molecule has 1 amide bonds. The maximum Gasteiger partial charge on any atom is 0.273 e. The molecule has 28 heavy (non-hydrogen) atoms. The Morgan fingerprint density at radius 3 is 2.64 bits per heavy atom. The van der Waals surface area contributed by atoms with Crippen LogP contribution < -0.4 is 5.32 Å². The number of carbonyl (C=O) groups excluding carboxylic acids is 1. The van der Waals surface area contributed by atoms with Crippen molar-refractivity contribution in [3.8, 4) is 0 Å². The molecule has 7 heteroatoms. The molecule has 1 N–H and O–H groups in total. The Morgan fingerprint density at radius 2 is 1.93 bits per heavy atom. The molecule has 148 valence electrons. The van der Waals surface area contributed by atoms with Gasteiger partial charge in [-0.2, -0.15) is 5.10 Å². The molecule has 0 aliphatic carbocycles. The zero-order valence-electron chi connectivity index (χ0n) is 16.9. The van der Waals surface area contributed by atoms with Crippen LogP contribution in [0.5, 0.6) is 0 Å². The number of aromatic nitrogens is 4. The van der Waals surface area contributed by atoms with Crippen molar-refractivity contribution in [2.75, 3.05) is 18.4 Å². The van der Waals surface area contributed by atoms with Crippen LogP contribution in [0.25, 0.3) is 11.0 Å². The van der Waals surface area contributed by atoms with Crippen LogP contribution in [-0.4, -0.2) is 43.2 Å². The van der Waals surface area contributed by atoms with Gasteiger partial charge >= 0.3 is 0 Å². The van der Waals surface area contributed by atoms with E-state index >= 15 is 0 Å². The van der Waals surface area contributed by atoms with Gasteiger partial charge in [-0.05, 0) is 56.6 Å². The highest BCUT2D eigenvalue weighted by Crippen LogP contribution is 2.22. The number of hydrogen-bond acceptors (Lipinski definition) is 4. The Balaban J connectivity index is 1.53. The zero-order chi connectivity index (χ0) is 19.7. The van der Waals surface area contributed by atoms with Crippen LogP contribution in [0.15, 0.2) is 24.3 Å². The Bertz CT molecular complexity index is 996. The van der Waals surface area contributed by atoms with Crippen molar-refractivity contribution in [1.29, 1.82) is 0 Å². The number of nitrogens with one attached hydrogen (secondary N) is 1. The number of likely N-dealkylation sites (tertiary alicyclic amines) is 1. The maximum absolute atomic E-state index is 12.6. The number of piperidine rings is 1. The summed E-state index contributed by atoms with van der Waals surface area (Å²) in [5.41, 5.74) is 4.21. The minimum atomic E-state index is -0.154. The summed E-state index contributed by atoms with van der Waals surface area (Å²) in [5.74, 6) is 0.915. The first-order chi connectivity index (χ1) is 13.5. The minimum absolute atomic E-state index is 0.154. The Hall–Kier alpha value is -2.67. The third kappa shape index (κ3) is 3.67. The molecule has 0 unspecified atom stereocenters. The standard InChI is InChI=1S/C21H28N6O/c1-4-15-13-19(26(3)24-15)21(28)22-16-8-9-18-17(12-16)23-20(25(18)2)14-27-10-6-5-7-11-27/h8-9,12-13H,4-7,10-11,14H2,1-3H3,(H,22,28). The van der Waals surface area contributed by atoms with Crippen LogP contribution in [0, 0.1) is 0 Å². The Kier molecular flexibility index (Phi) is 5.17. The van der Waals surface area contributed by atoms with E-state index in [1.54, 1.807) is 11.7 Å². The van der Waals surface area contributed by atoms with Crippen LogP contribution in [0.1, 0.15) is 48.2 Å².